The predicted octanol–water partition coefficient (Wildman–Crippen LogP) is 3.87. The molecule has 2 aromatic heterocycles. The number of nitrogens with one attached hydrogen (secondary N) is 1. The highest BCUT2D eigenvalue weighted by Crippen LogP contribution is 2.33. The summed E-state index contributed by atoms with van der Waals surface area (Å²) in [6.45, 7) is -2.87. The molecule has 0 aliphatic carbocycles. The molecule has 132 valence electrons. The van der Waals surface area contributed by atoms with Gasteiger partial charge in [-0.3, -0.25) is 4.98 Å². The van der Waals surface area contributed by atoms with Crippen LogP contribution in [0.4, 0.5) is 8.78 Å². The Hall–Kier alpha value is -2.55. The van der Waals surface area contributed by atoms with Crippen molar-refractivity contribution in [1.29, 1.82) is 0 Å². The van der Waals surface area contributed by atoms with Crippen molar-refractivity contribution in [3.8, 4) is 17.2 Å². The zero-order chi connectivity index (χ0) is 18.5. The molecule has 0 bridgehead atoms. The number of ether oxygens (including phenoxy) is 3. The molecule has 6 nitrogen and oxygen atoms in total. The number of imidazole rings is 1. The molecule has 0 spiro atoms. The first-order valence-electron chi connectivity index (χ1n) is 7.82. The number of alkyl halides is 2. The number of nitrogens with zero attached hydrogens (tertiary/aromatic N) is 2. The SMILES string of the molecule is [2H]COc1ccnc(CSc2nc3ccc(OC(F)F)cc3[nH]2)c1OC. The minimum absolute atomic E-state index is 0.0660. The molecule has 1 N–H and O–H groups in total. The van der Waals surface area contributed by atoms with Crippen molar-refractivity contribution in [3.63, 3.8) is 0 Å². The van der Waals surface area contributed by atoms with Crippen LogP contribution in [0.5, 0.6) is 17.2 Å². The molecular formula is C16H15F2N3O3S. The van der Waals surface area contributed by atoms with E-state index in [4.69, 9.17) is 10.8 Å². The van der Waals surface area contributed by atoms with E-state index in [1.807, 2.05) is 0 Å². The average Bonchev–Trinajstić information content (AvgIpc) is 3.02. The largest absolute Gasteiger partial charge is 0.493 e. The number of aromatic nitrogens is 3. The van der Waals surface area contributed by atoms with Gasteiger partial charge in [0.1, 0.15) is 5.75 Å². The maximum absolute atomic E-state index is 12.3. The summed E-state index contributed by atoms with van der Waals surface area (Å²) < 4.78 is 46.7. The Kier molecular flexibility index (Phi) is 4.82. The third-order valence-electron chi connectivity index (χ3n) is 3.30. The van der Waals surface area contributed by atoms with Crippen LogP contribution >= 0.6 is 11.8 Å². The van der Waals surface area contributed by atoms with Gasteiger partial charge in [-0.05, 0) is 12.1 Å². The molecule has 0 amide bonds. The lowest BCUT2D eigenvalue weighted by Gasteiger charge is -2.10. The first-order valence-corrected chi connectivity index (χ1v) is 8.10. The van der Waals surface area contributed by atoms with Crippen LogP contribution in [0.25, 0.3) is 11.0 Å². The van der Waals surface area contributed by atoms with E-state index < -0.39 is 6.61 Å². The Labute approximate surface area is 147 Å². The Morgan fingerprint density at radius 1 is 1.32 bits per heavy atom. The summed E-state index contributed by atoms with van der Waals surface area (Å²) in [7, 11) is 1.28. The monoisotopic (exact) mass is 368 g/mol. The second-order valence-electron chi connectivity index (χ2n) is 4.82. The number of aromatic amines is 1. The lowest BCUT2D eigenvalue weighted by molar-refractivity contribution is -0.0497. The minimum atomic E-state index is -2.87. The number of pyridine rings is 1. The fourth-order valence-corrected chi connectivity index (χ4v) is 3.08. The summed E-state index contributed by atoms with van der Waals surface area (Å²) in [4.78, 5) is 11.7. The molecule has 0 saturated heterocycles. The second kappa shape index (κ2) is 7.56. The number of hydrogen-bond donors (Lipinski definition) is 1. The average molecular weight is 368 g/mol. The molecule has 9 heteroatoms. The van der Waals surface area contributed by atoms with Gasteiger partial charge in [0.2, 0.25) is 0 Å². The van der Waals surface area contributed by atoms with E-state index in [-0.39, 0.29) is 12.8 Å². The van der Waals surface area contributed by atoms with E-state index in [9.17, 15) is 8.78 Å². The molecule has 0 fully saturated rings. The van der Waals surface area contributed by atoms with Crippen LogP contribution in [0.2, 0.25) is 0 Å². The number of fused-ring (bicyclic) bond motifs is 1. The topological polar surface area (TPSA) is 69.3 Å². The van der Waals surface area contributed by atoms with E-state index in [0.29, 0.717) is 39.1 Å². The number of halogens is 2. The van der Waals surface area contributed by atoms with E-state index in [1.165, 1.54) is 31.0 Å². The van der Waals surface area contributed by atoms with Crippen molar-refractivity contribution in [2.24, 2.45) is 0 Å². The predicted molar refractivity (Wildman–Crippen MR) is 89.6 cm³/mol. The van der Waals surface area contributed by atoms with Crippen molar-refractivity contribution in [1.82, 2.24) is 15.0 Å². The number of rotatable bonds is 7. The maximum atomic E-state index is 12.3. The summed E-state index contributed by atoms with van der Waals surface area (Å²) in [6.07, 6.45) is 1.58. The lowest BCUT2D eigenvalue weighted by Crippen LogP contribution is -2.01. The van der Waals surface area contributed by atoms with E-state index in [2.05, 4.69) is 19.7 Å². The molecule has 0 saturated carbocycles. The molecule has 0 atom stereocenters. The molecule has 25 heavy (non-hydrogen) atoms. The molecular weight excluding hydrogens is 352 g/mol. The second-order valence-corrected chi connectivity index (χ2v) is 5.79. The maximum Gasteiger partial charge on any atom is 0.387 e. The number of methoxy groups -OCH3 is 2. The summed E-state index contributed by atoms with van der Waals surface area (Å²) >= 11 is 1.37. The number of hydrogen-bond acceptors (Lipinski definition) is 6. The number of H-pyrrole nitrogens is 1. The molecule has 0 unspecified atom stereocenters. The molecule has 0 aliphatic rings. The molecule has 3 aromatic rings. The molecule has 3 rings (SSSR count). The molecule has 0 aliphatic heterocycles. The smallest absolute Gasteiger partial charge is 0.387 e. The Balaban J connectivity index is 1.76. The fraction of sp³-hybridized carbons (Fsp3) is 0.250. The van der Waals surface area contributed by atoms with Crippen LogP contribution in [0.15, 0.2) is 35.6 Å². The zero-order valence-electron chi connectivity index (χ0n) is 14.2. The van der Waals surface area contributed by atoms with Crippen LogP contribution in [-0.4, -0.2) is 35.8 Å². The van der Waals surface area contributed by atoms with Crippen molar-refractivity contribution in [2.75, 3.05) is 14.2 Å². The van der Waals surface area contributed by atoms with Crippen LogP contribution in [-0.2, 0) is 5.75 Å². The highest BCUT2D eigenvalue weighted by Gasteiger charge is 2.13. The van der Waals surface area contributed by atoms with Gasteiger partial charge in [-0.2, -0.15) is 8.78 Å². The van der Waals surface area contributed by atoms with Gasteiger partial charge in [-0.25, -0.2) is 4.98 Å². The van der Waals surface area contributed by atoms with Gasteiger partial charge in [-0.15, -0.1) is 0 Å². The zero-order valence-corrected chi connectivity index (χ0v) is 14.0. The van der Waals surface area contributed by atoms with E-state index >= 15 is 0 Å². The molecule has 1 aromatic carbocycles. The van der Waals surface area contributed by atoms with E-state index in [0.717, 1.165) is 0 Å². The Bertz CT molecular complexity index is 894. The first-order chi connectivity index (χ1) is 12.6. The standard InChI is InChI=1S/C16H15F2N3O3S/c1-22-13-5-6-19-12(14(13)23-2)8-25-16-20-10-4-3-9(24-15(17)18)7-11(10)21-16/h3-7,15H,8H2,1-2H3,(H,20,21)/i1D. The minimum Gasteiger partial charge on any atom is -0.493 e. The van der Waals surface area contributed by atoms with Gasteiger partial charge in [0.05, 0.1) is 32.3 Å². The lowest BCUT2D eigenvalue weighted by atomic mass is 10.3. The number of thioether (sulfide) groups is 1. The Morgan fingerprint density at radius 2 is 2.20 bits per heavy atom. The van der Waals surface area contributed by atoms with Crippen LogP contribution in [0, 0.1) is 0 Å². The Morgan fingerprint density at radius 3 is 2.96 bits per heavy atom. The van der Waals surface area contributed by atoms with Gasteiger partial charge in [0.15, 0.2) is 16.7 Å². The van der Waals surface area contributed by atoms with Crippen molar-refractivity contribution in [2.45, 2.75) is 17.5 Å². The summed E-state index contributed by atoms with van der Waals surface area (Å²) in [5, 5.41) is 0.602. The van der Waals surface area contributed by atoms with Crippen molar-refractivity contribution < 1.29 is 24.4 Å². The van der Waals surface area contributed by atoms with Gasteiger partial charge in [0, 0.05) is 24.1 Å². The van der Waals surface area contributed by atoms with Gasteiger partial charge in [-0.1, -0.05) is 11.8 Å². The third kappa shape index (κ3) is 3.93. The third-order valence-corrected chi connectivity index (χ3v) is 4.19. The summed E-state index contributed by atoms with van der Waals surface area (Å²) in [5.41, 5.74) is 1.88. The van der Waals surface area contributed by atoms with E-state index in [1.54, 1.807) is 18.3 Å². The van der Waals surface area contributed by atoms with Crippen molar-refractivity contribution >= 4 is 22.8 Å². The molecule has 2 heterocycles. The quantitative estimate of drug-likeness (QED) is 0.639. The first kappa shape index (κ1) is 15.9. The number of benzene rings is 1. The van der Waals surface area contributed by atoms with Crippen LogP contribution in [0.1, 0.15) is 7.06 Å². The summed E-state index contributed by atoms with van der Waals surface area (Å²) in [5.74, 6) is 1.43. The summed E-state index contributed by atoms with van der Waals surface area (Å²) in [6, 6.07) is 6.15. The fourth-order valence-electron chi connectivity index (χ4n) is 2.25. The van der Waals surface area contributed by atoms with Crippen LogP contribution < -0.4 is 14.2 Å². The highest BCUT2D eigenvalue weighted by atomic mass is 32.2. The van der Waals surface area contributed by atoms with Gasteiger partial charge < -0.3 is 19.2 Å². The normalized spacial score (nSPS) is 11.6. The van der Waals surface area contributed by atoms with Gasteiger partial charge in [0.25, 0.3) is 0 Å². The highest BCUT2D eigenvalue weighted by molar-refractivity contribution is 7.98. The van der Waals surface area contributed by atoms with Gasteiger partial charge >= 0.3 is 6.61 Å². The molecule has 0 radical (unpaired) electrons. The van der Waals surface area contributed by atoms with Crippen molar-refractivity contribution in [3.05, 3.63) is 36.2 Å². The van der Waals surface area contributed by atoms with Crippen LogP contribution in [0.3, 0.4) is 0 Å².